The Labute approximate surface area is 187 Å². The van der Waals surface area contributed by atoms with Crippen LogP contribution in [0.2, 0.25) is 0 Å². The number of nitrogens with one attached hydrogen (secondary N) is 1. The average molecular weight is 443 g/mol. The fraction of sp³-hybridized carbons (Fsp3) is 0.478. The zero-order valence-electron chi connectivity index (χ0n) is 18.2. The number of hydrogen-bond acceptors (Lipinski definition) is 6. The highest BCUT2D eigenvalue weighted by Gasteiger charge is 2.26. The topological polar surface area (TPSA) is 106 Å². The van der Waals surface area contributed by atoms with Gasteiger partial charge in [-0.2, -0.15) is 0 Å². The van der Waals surface area contributed by atoms with Gasteiger partial charge in [0.15, 0.2) is 0 Å². The van der Waals surface area contributed by atoms with Crippen molar-refractivity contribution in [3.8, 4) is 0 Å². The van der Waals surface area contributed by atoms with Crippen molar-refractivity contribution in [3.05, 3.63) is 39.8 Å². The molecule has 0 spiro atoms. The number of carbonyl (C=O) groups excluding carboxylic acids is 2. The molecule has 0 radical (unpaired) electrons. The first-order valence-electron chi connectivity index (χ1n) is 11.2. The highest BCUT2D eigenvalue weighted by atomic mass is 32.1. The van der Waals surface area contributed by atoms with Gasteiger partial charge < -0.3 is 20.9 Å². The van der Waals surface area contributed by atoms with Crippen molar-refractivity contribution in [1.29, 1.82) is 0 Å². The molecule has 2 aliphatic rings. The van der Waals surface area contributed by atoms with Crippen LogP contribution in [0.15, 0.2) is 18.2 Å². The van der Waals surface area contributed by atoms with Crippen LogP contribution in [0.1, 0.15) is 57.3 Å². The van der Waals surface area contributed by atoms with Gasteiger partial charge in [0.1, 0.15) is 10.6 Å². The molecule has 8 heteroatoms. The van der Waals surface area contributed by atoms with Gasteiger partial charge in [0.25, 0.3) is 5.91 Å². The molecule has 0 saturated carbocycles. The van der Waals surface area contributed by atoms with Gasteiger partial charge in [0.05, 0.1) is 11.4 Å². The molecular formula is C23H32N5O2S+. The van der Waals surface area contributed by atoms with Gasteiger partial charge in [-0.1, -0.05) is 13.3 Å². The number of nitrogen functional groups attached to an aromatic ring is 1. The van der Waals surface area contributed by atoms with Gasteiger partial charge in [-0.3, -0.25) is 10.5 Å². The number of piperazine rings is 1. The van der Waals surface area contributed by atoms with Crippen molar-refractivity contribution in [1.82, 2.24) is 4.90 Å². The Bertz CT molecular complexity index is 979. The number of quaternary nitrogens is 1. The maximum absolute atomic E-state index is 13.0. The number of anilines is 3. The molecule has 2 aromatic rings. The third-order valence-electron chi connectivity index (χ3n) is 6.38. The van der Waals surface area contributed by atoms with E-state index in [2.05, 4.69) is 27.8 Å². The van der Waals surface area contributed by atoms with E-state index in [1.165, 1.54) is 22.6 Å². The van der Waals surface area contributed by atoms with Gasteiger partial charge in [-0.25, -0.2) is 4.79 Å². The Balaban J connectivity index is 1.52. The molecule has 0 atom stereocenters. The molecule has 166 valence electrons. The number of hydrogen-bond donors (Lipinski definition) is 3. The molecule has 1 fully saturated rings. The normalized spacial score (nSPS) is 17.2. The summed E-state index contributed by atoms with van der Waals surface area (Å²) in [6.07, 6.45) is 5.21. The number of nitrogens with zero attached hydrogens (tertiary/aromatic N) is 2. The summed E-state index contributed by atoms with van der Waals surface area (Å²) < 4.78 is 0. The number of thiophene rings is 1. The van der Waals surface area contributed by atoms with Gasteiger partial charge in [0.2, 0.25) is 0 Å². The summed E-state index contributed by atoms with van der Waals surface area (Å²) in [4.78, 5) is 31.1. The second-order valence-electron chi connectivity index (χ2n) is 8.34. The van der Waals surface area contributed by atoms with E-state index in [-0.39, 0.29) is 11.8 Å². The first kappa shape index (κ1) is 21.8. The van der Waals surface area contributed by atoms with E-state index < -0.39 is 0 Å². The fourth-order valence-corrected chi connectivity index (χ4v) is 5.89. The minimum absolute atomic E-state index is 0.226. The Morgan fingerprint density at radius 1 is 1.13 bits per heavy atom. The van der Waals surface area contributed by atoms with Gasteiger partial charge in [-0.05, 0) is 56.0 Å². The first-order chi connectivity index (χ1) is 15.0. The number of nitrogens with two attached hydrogens (primary N) is 1. The third kappa shape index (κ3) is 4.61. The van der Waals surface area contributed by atoms with Crippen molar-refractivity contribution in [2.45, 2.75) is 39.0 Å². The monoisotopic (exact) mass is 442 g/mol. The van der Waals surface area contributed by atoms with Crippen LogP contribution in [0.3, 0.4) is 0 Å². The van der Waals surface area contributed by atoms with E-state index >= 15 is 0 Å². The summed E-state index contributed by atoms with van der Waals surface area (Å²) in [5.74, 6) is -0.469. The smallest absolute Gasteiger partial charge is 0.344 e. The molecule has 1 aromatic heterocycles. The number of likely N-dealkylation sites (N-methyl/N-ethyl adjacent to an activating group) is 1. The lowest BCUT2D eigenvalue weighted by Crippen LogP contribution is -2.57. The summed E-state index contributed by atoms with van der Waals surface area (Å²) >= 11 is 1.52. The number of benzene rings is 1. The molecular weight excluding hydrogens is 410 g/mol. The molecule has 1 aliphatic heterocycles. The van der Waals surface area contributed by atoms with Crippen LogP contribution in [0.5, 0.6) is 0 Å². The minimum atomic E-state index is -0.243. The van der Waals surface area contributed by atoms with E-state index in [0.29, 0.717) is 21.8 Å². The summed E-state index contributed by atoms with van der Waals surface area (Å²) in [7, 11) is 0. The van der Waals surface area contributed by atoms with Crippen LogP contribution < -0.4 is 21.7 Å². The van der Waals surface area contributed by atoms with Crippen molar-refractivity contribution >= 4 is 39.5 Å². The zero-order chi connectivity index (χ0) is 22.0. The fourth-order valence-electron chi connectivity index (χ4n) is 4.59. The number of fused-ring (bicyclic) bond motifs is 1. The second kappa shape index (κ2) is 9.38. The average Bonchev–Trinajstić information content (AvgIpc) is 2.94. The third-order valence-corrected chi connectivity index (χ3v) is 7.58. The van der Waals surface area contributed by atoms with Crippen LogP contribution in [0.4, 0.5) is 16.4 Å². The predicted molar refractivity (Wildman–Crippen MR) is 126 cm³/mol. The Hall–Kier alpha value is -2.42. The van der Waals surface area contributed by atoms with Crippen LogP contribution in [-0.4, -0.2) is 49.4 Å². The highest BCUT2D eigenvalue weighted by Crippen LogP contribution is 2.37. The second-order valence-corrected chi connectivity index (χ2v) is 9.45. The largest absolute Gasteiger partial charge is 0.397 e. The molecule has 6 N–H and O–H groups in total. The van der Waals surface area contributed by atoms with E-state index in [0.717, 1.165) is 69.7 Å². The van der Waals surface area contributed by atoms with Crippen molar-refractivity contribution in [3.63, 3.8) is 0 Å². The Morgan fingerprint density at radius 3 is 2.55 bits per heavy atom. The van der Waals surface area contributed by atoms with Crippen LogP contribution in [-0.2, 0) is 12.8 Å². The van der Waals surface area contributed by atoms with Crippen molar-refractivity contribution in [2.75, 3.05) is 48.7 Å². The molecule has 0 bridgehead atoms. The van der Waals surface area contributed by atoms with E-state index in [1.807, 2.05) is 12.1 Å². The van der Waals surface area contributed by atoms with Crippen LogP contribution in [0, 0.1) is 0 Å². The molecule has 0 unspecified atom stereocenters. The zero-order valence-corrected chi connectivity index (χ0v) is 19.0. The number of rotatable bonds is 5. The van der Waals surface area contributed by atoms with Gasteiger partial charge >= 0.3 is 5.91 Å². The Morgan fingerprint density at radius 2 is 1.87 bits per heavy atom. The molecule has 1 aromatic carbocycles. The Kier molecular flexibility index (Phi) is 6.60. The lowest BCUT2D eigenvalue weighted by Gasteiger charge is -2.36. The molecule has 7 nitrogen and oxygen atoms in total. The summed E-state index contributed by atoms with van der Waals surface area (Å²) in [5, 5.41) is 3.59. The lowest BCUT2D eigenvalue weighted by atomic mass is 10.0. The molecule has 4 rings (SSSR count). The summed E-state index contributed by atoms with van der Waals surface area (Å²) in [6.45, 7) is 7.13. The molecule has 1 aliphatic carbocycles. The number of amides is 2. The minimum Gasteiger partial charge on any atom is -0.397 e. The summed E-state index contributed by atoms with van der Waals surface area (Å²) in [6, 6.07) is 5.49. The van der Waals surface area contributed by atoms with Crippen molar-refractivity contribution in [2.24, 2.45) is 0 Å². The van der Waals surface area contributed by atoms with Crippen molar-refractivity contribution < 1.29 is 15.3 Å². The van der Waals surface area contributed by atoms with E-state index in [1.54, 1.807) is 6.07 Å². The lowest BCUT2D eigenvalue weighted by molar-refractivity contribution is -0.254. The van der Waals surface area contributed by atoms with E-state index in [4.69, 9.17) is 5.73 Å². The van der Waals surface area contributed by atoms with Crippen LogP contribution >= 0.6 is 11.3 Å². The SMILES string of the molecule is CCN1CCN(c2ccc(C(=O)Nc3sc4c(c3C([NH3+])=O)CCCCC4)cc2N)CC1. The molecule has 2 heterocycles. The molecule has 2 amide bonds. The predicted octanol–water partition coefficient (Wildman–Crippen LogP) is 2.38. The standard InChI is InChI=1S/C23H31N5O2S/c1-2-27-10-12-28(13-11-27)18-9-8-15(14-17(18)24)22(30)26-23-20(21(25)29)16-6-4-3-5-7-19(16)31-23/h8-9,14H,2-7,10-13,24H2,1H3,(H2,25,29)(H,26,30)/p+1. The highest BCUT2D eigenvalue weighted by molar-refractivity contribution is 7.17. The van der Waals surface area contributed by atoms with Crippen LogP contribution in [0.25, 0.3) is 0 Å². The first-order valence-corrected chi connectivity index (χ1v) is 12.0. The number of carbonyl (C=O) groups is 2. The maximum Gasteiger partial charge on any atom is 0.344 e. The quantitative estimate of drug-likeness (QED) is 0.487. The molecule has 31 heavy (non-hydrogen) atoms. The summed E-state index contributed by atoms with van der Waals surface area (Å²) in [5.41, 5.74) is 13.7. The maximum atomic E-state index is 13.0. The number of aryl methyl sites for hydroxylation is 1. The van der Waals surface area contributed by atoms with Gasteiger partial charge in [0, 0.05) is 36.6 Å². The van der Waals surface area contributed by atoms with E-state index in [9.17, 15) is 9.59 Å². The molecule has 1 saturated heterocycles. The van der Waals surface area contributed by atoms with Gasteiger partial charge in [-0.15, -0.1) is 11.3 Å².